The molecule has 0 radical (unpaired) electrons. The first kappa shape index (κ1) is 17.6. The summed E-state index contributed by atoms with van der Waals surface area (Å²) in [5, 5.41) is 16.9. The second-order valence-corrected chi connectivity index (χ2v) is 5.42. The quantitative estimate of drug-likeness (QED) is 0.613. The topological polar surface area (TPSA) is 93.5 Å². The van der Waals surface area contributed by atoms with Crippen LogP contribution in [0.2, 0.25) is 5.02 Å². The average Bonchev–Trinajstić information content (AvgIpc) is 2.54. The summed E-state index contributed by atoms with van der Waals surface area (Å²) in [5.74, 6) is 0.207. The van der Waals surface area contributed by atoms with Gasteiger partial charge in [0.1, 0.15) is 5.75 Å². The molecule has 8 heteroatoms. The number of hydrogen-bond acceptors (Lipinski definition) is 5. The number of nitro benzene ring substituents is 1. The van der Waals surface area contributed by atoms with E-state index in [1.165, 1.54) is 13.2 Å². The minimum Gasteiger partial charge on any atom is -0.495 e. The van der Waals surface area contributed by atoms with Crippen LogP contribution >= 0.6 is 11.6 Å². The molecule has 0 heterocycles. The number of anilines is 2. The molecule has 0 aliphatic heterocycles. The Morgan fingerprint density at radius 2 is 1.96 bits per heavy atom. The van der Waals surface area contributed by atoms with Gasteiger partial charge in [-0.25, -0.2) is 0 Å². The Labute approximate surface area is 143 Å². The Bertz CT molecular complexity index is 780. The van der Waals surface area contributed by atoms with Crippen LogP contribution in [0.1, 0.15) is 5.56 Å². The lowest BCUT2D eigenvalue weighted by atomic mass is 10.2. The maximum absolute atomic E-state index is 12.0. The zero-order valence-electron chi connectivity index (χ0n) is 13.1. The largest absolute Gasteiger partial charge is 0.495 e. The number of rotatable bonds is 6. The van der Waals surface area contributed by atoms with Crippen LogP contribution in [0.5, 0.6) is 5.75 Å². The van der Waals surface area contributed by atoms with Gasteiger partial charge in [0.05, 0.1) is 23.6 Å². The van der Waals surface area contributed by atoms with E-state index in [1.54, 1.807) is 37.3 Å². The minimum absolute atomic E-state index is 0.00959. The van der Waals surface area contributed by atoms with Crippen molar-refractivity contribution >= 4 is 34.6 Å². The predicted octanol–water partition coefficient (Wildman–Crippen LogP) is 3.62. The molecule has 0 spiro atoms. The van der Waals surface area contributed by atoms with Crippen LogP contribution in [0, 0.1) is 17.0 Å². The number of carbonyl (C=O) groups excluding carboxylic acids is 1. The molecule has 0 atom stereocenters. The molecule has 7 nitrogen and oxygen atoms in total. The molecule has 0 bridgehead atoms. The zero-order valence-corrected chi connectivity index (χ0v) is 13.9. The number of ether oxygens (including phenoxy) is 1. The van der Waals surface area contributed by atoms with Gasteiger partial charge in [-0.15, -0.1) is 0 Å². The van der Waals surface area contributed by atoms with E-state index >= 15 is 0 Å². The van der Waals surface area contributed by atoms with Gasteiger partial charge in [0.2, 0.25) is 5.91 Å². The predicted molar refractivity (Wildman–Crippen MR) is 93.0 cm³/mol. The van der Waals surface area contributed by atoms with Gasteiger partial charge < -0.3 is 15.4 Å². The summed E-state index contributed by atoms with van der Waals surface area (Å²) in [4.78, 5) is 22.4. The van der Waals surface area contributed by atoms with E-state index in [1.807, 2.05) is 0 Å². The van der Waals surface area contributed by atoms with Gasteiger partial charge in [0.15, 0.2) is 0 Å². The number of aryl methyl sites for hydroxylation is 1. The Morgan fingerprint density at radius 1 is 1.25 bits per heavy atom. The second-order valence-electron chi connectivity index (χ2n) is 5.01. The molecule has 0 saturated carbocycles. The highest BCUT2D eigenvalue weighted by molar-refractivity contribution is 6.32. The molecule has 0 aliphatic rings. The van der Waals surface area contributed by atoms with Crippen LogP contribution in [-0.2, 0) is 4.79 Å². The van der Waals surface area contributed by atoms with Crippen molar-refractivity contribution in [1.29, 1.82) is 0 Å². The number of amides is 1. The molecular weight excluding hydrogens is 334 g/mol. The van der Waals surface area contributed by atoms with Crippen molar-refractivity contribution in [2.24, 2.45) is 0 Å². The van der Waals surface area contributed by atoms with Crippen LogP contribution in [0.15, 0.2) is 36.4 Å². The van der Waals surface area contributed by atoms with Gasteiger partial charge in [-0.05, 0) is 31.2 Å². The monoisotopic (exact) mass is 349 g/mol. The van der Waals surface area contributed by atoms with Crippen molar-refractivity contribution in [2.75, 3.05) is 24.3 Å². The molecule has 2 aromatic rings. The van der Waals surface area contributed by atoms with Crippen molar-refractivity contribution < 1.29 is 14.5 Å². The van der Waals surface area contributed by atoms with E-state index in [0.717, 1.165) is 0 Å². The number of nitro groups is 1. The van der Waals surface area contributed by atoms with E-state index in [-0.39, 0.29) is 18.1 Å². The fraction of sp³-hybridized carbons (Fsp3) is 0.188. The first-order valence-corrected chi connectivity index (χ1v) is 7.41. The van der Waals surface area contributed by atoms with E-state index < -0.39 is 4.92 Å². The summed E-state index contributed by atoms with van der Waals surface area (Å²) in [7, 11) is 1.52. The van der Waals surface area contributed by atoms with Crippen LogP contribution < -0.4 is 15.4 Å². The fourth-order valence-electron chi connectivity index (χ4n) is 2.05. The van der Waals surface area contributed by atoms with Crippen LogP contribution in [-0.4, -0.2) is 24.5 Å². The molecule has 2 N–H and O–H groups in total. The first-order chi connectivity index (χ1) is 11.4. The fourth-order valence-corrected chi connectivity index (χ4v) is 2.31. The highest BCUT2D eigenvalue weighted by Crippen LogP contribution is 2.27. The molecule has 126 valence electrons. The maximum Gasteiger partial charge on any atom is 0.274 e. The van der Waals surface area contributed by atoms with Crippen molar-refractivity contribution in [1.82, 2.24) is 0 Å². The van der Waals surface area contributed by atoms with Gasteiger partial charge in [-0.2, -0.15) is 0 Å². The Balaban J connectivity index is 1.97. The van der Waals surface area contributed by atoms with Gasteiger partial charge in [0.25, 0.3) is 5.69 Å². The van der Waals surface area contributed by atoms with E-state index in [0.29, 0.717) is 27.7 Å². The van der Waals surface area contributed by atoms with E-state index in [2.05, 4.69) is 10.6 Å². The molecule has 0 unspecified atom stereocenters. The van der Waals surface area contributed by atoms with E-state index in [9.17, 15) is 14.9 Å². The van der Waals surface area contributed by atoms with Crippen molar-refractivity contribution in [3.8, 4) is 5.75 Å². The molecule has 2 aromatic carbocycles. The first-order valence-electron chi connectivity index (χ1n) is 7.03. The van der Waals surface area contributed by atoms with Crippen molar-refractivity contribution in [2.45, 2.75) is 6.92 Å². The Morgan fingerprint density at radius 3 is 2.58 bits per heavy atom. The summed E-state index contributed by atoms with van der Waals surface area (Å²) in [6.45, 7) is 1.63. The third-order valence-electron chi connectivity index (χ3n) is 3.29. The normalized spacial score (nSPS) is 10.1. The Kier molecular flexibility index (Phi) is 5.59. The van der Waals surface area contributed by atoms with Crippen molar-refractivity contribution in [3.63, 3.8) is 0 Å². The molecule has 0 fully saturated rings. The minimum atomic E-state index is -0.484. The summed E-state index contributed by atoms with van der Waals surface area (Å²) in [6.07, 6.45) is 0. The lowest BCUT2D eigenvalue weighted by Gasteiger charge is -2.10. The van der Waals surface area contributed by atoms with Crippen LogP contribution in [0.4, 0.5) is 17.1 Å². The number of halogens is 1. The average molecular weight is 350 g/mol. The van der Waals surface area contributed by atoms with Crippen LogP contribution in [0.25, 0.3) is 0 Å². The van der Waals surface area contributed by atoms with Gasteiger partial charge in [0, 0.05) is 23.0 Å². The summed E-state index contributed by atoms with van der Waals surface area (Å²) < 4.78 is 5.05. The number of hydrogen-bond donors (Lipinski definition) is 2. The van der Waals surface area contributed by atoms with Gasteiger partial charge >= 0.3 is 0 Å². The SMILES string of the molecule is COc1ccc(NCC(=O)Nc2ccc(C)c([N+](=O)[O-])c2)cc1Cl. The second kappa shape index (κ2) is 7.65. The van der Waals surface area contributed by atoms with Crippen molar-refractivity contribution in [3.05, 3.63) is 57.1 Å². The zero-order chi connectivity index (χ0) is 17.7. The Hall–Kier alpha value is -2.80. The third-order valence-corrected chi connectivity index (χ3v) is 3.59. The lowest BCUT2D eigenvalue weighted by Crippen LogP contribution is -2.21. The van der Waals surface area contributed by atoms with Gasteiger partial charge in [-0.3, -0.25) is 14.9 Å². The van der Waals surface area contributed by atoms with Gasteiger partial charge in [-0.1, -0.05) is 17.7 Å². The smallest absolute Gasteiger partial charge is 0.274 e. The highest BCUT2D eigenvalue weighted by Gasteiger charge is 2.12. The molecular formula is C16H16ClN3O4. The third kappa shape index (κ3) is 4.36. The summed E-state index contributed by atoms with van der Waals surface area (Å²) >= 11 is 6.01. The lowest BCUT2D eigenvalue weighted by molar-refractivity contribution is -0.385. The number of methoxy groups -OCH3 is 1. The molecule has 0 saturated heterocycles. The number of carbonyl (C=O) groups is 1. The maximum atomic E-state index is 12.0. The molecule has 1 amide bonds. The highest BCUT2D eigenvalue weighted by atomic mass is 35.5. The summed E-state index contributed by atoms with van der Waals surface area (Å²) in [6, 6.07) is 9.59. The summed E-state index contributed by atoms with van der Waals surface area (Å²) in [5.41, 5.74) is 1.52. The number of nitrogens with one attached hydrogen (secondary N) is 2. The number of nitrogens with zero attached hydrogens (tertiary/aromatic N) is 1. The molecule has 24 heavy (non-hydrogen) atoms. The van der Waals surface area contributed by atoms with Crippen LogP contribution in [0.3, 0.4) is 0 Å². The molecule has 0 aromatic heterocycles. The number of benzene rings is 2. The standard InChI is InChI=1S/C16H16ClN3O4/c1-10-3-4-12(8-14(10)20(22)23)19-16(21)9-18-11-5-6-15(24-2)13(17)7-11/h3-8,18H,9H2,1-2H3,(H,19,21). The van der Waals surface area contributed by atoms with E-state index in [4.69, 9.17) is 16.3 Å². The molecule has 2 rings (SSSR count). The molecule has 0 aliphatic carbocycles.